The Hall–Kier alpha value is -4.12. The third-order valence-corrected chi connectivity index (χ3v) is 5.57. The average Bonchev–Trinajstić information content (AvgIpc) is 3.16. The lowest BCUT2D eigenvalue weighted by Gasteiger charge is -2.01. The van der Waals surface area contributed by atoms with E-state index in [9.17, 15) is 19.2 Å². The highest BCUT2D eigenvalue weighted by atomic mass is 16.3. The topological polar surface area (TPSA) is 81.4 Å². The second-order valence-electron chi connectivity index (χ2n) is 7.12. The molecule has 29 heavy (non-hydrogen) atoms. The van der Waals surface area contributed by atoms with Gasteiger partial charge < -0.3 is 4.42 Å². The minimum Gasteiger partial charge on any atom is -0.447 e. The number of furan rings is 1. The van der Waals surface area contributed by atoms with Crippen molar-refractivity contribution in [3.63, 3.8) is 0 Å². The van der Waals surface area contributed by atoms with Crippen molar-refractivity contribution < 1.29 is 4.42 Å². The first kappa shape index (κ1) is 15.9. The minimum atomic E-state index is -0.501. The molecular weight excluding hydrogens is 368 g/mol. The van der Waals surface area contributed by atoms with Crippen LogP contribution in [0.5, 0.6) is 0 Å². The predicted molar refractivity (Wildman–Crippen MR) is 114 cm³/mol. The Morgan fingerprint density at radius 1 is 0.483 bits per heavy atom. The van der Waals surface area contributed by atoms with Crippen molar-refractivity contribution in [2.45, 2.75) is 0 Å². The number of rotatable bonds is 0. The first-order valence-corrected chi connectivity index (χ1v) is 9.03. The Morgan fingerprint density at radius 3 is 1.48 bits per heavy atom. The molecule has 0 spiro atoms. The van der Waals surface area contributed by atoms with E-state index in [1.807, 2.05) is 24.3 Å². The average molecular weight is 378 g/mol. The summed E-state index contributed by atoms with van der Waals surface area (Å²) in [5.74, 6) is 0. The molecule has 136 valence electrons. The molecule has 5 nitrogen and oxygen atoms in total. The van der Waals surface area contributed by atoms with E-state index in [-0.39, 0.29) is 43.5 Å². The minimum absolute atomic E-state index is 0.110. The van der Waals surface area contributed by atoms with Crippen molar-refractivity contribution in [3.8, 4) is 0 Å². The second-order valence-corrected chi connectivity index (χ2v) is 7.12. The van der Waals surface area contributed by atoms with Gasteiger partial charge in [-0.3, -0.25) is 19.2 Å². The summed E-state index contributed by atoms with van der Waals surface area (Å²) in [6.45, 7) is 0. The van der Waals surface area contributed by atoms with Crippen LogP contribution in [0.3, 0.4) is 0 Å². The molecule has 0 amide bonds. The standard InChI is InChI=1S/C24H10O5/c25-19-13-7-3-4-8-14(13)21(27)23-17(19)18-20(26)15-9-11-5-1-2-6-12(11)10-16(15)22(28)24(18)29-23/h1-10H. The van der Waals surface area contributed by atoms with Crippen molar-refractivity contribution in [2.75, 3.05) is 0 Å². The van der Waals surface area contributed by atoms with Crippen LogP contribution in [0.4, 0.5) is 0 Å². The van der Waals surface area contributed by atoms with E-state index in [0.29, 0.717) is 0 Å². The van der Waals surface area contributed by atoms with Crippen molar-refractivity contribution in [1.82, 2.24) is 0 Å². The zero-order chi connectivity index (χ0) is 19.9. The van der Waals surface area contributed by atoms with Gasteiger partial charge in [0.15, 0.2) is 22.0 Å². The van der Waals surface area contributed by atoms with Crippen LogP contribution in [-0.4, -0.2) is 0 Å². The number of fused-ring (bicyclic) bond motifs is 6. The van der Waals surface area contributed by atoms with Crippen LogP contribution < -0.4 is 21.7 Å². The SMILES string of the molecule is O=c1c2ccccc2c(=O)c2c1oc1c(=O)c3cc4ccccc4cc3c(=O)c12. The first-order chi connectivity index (χ1) is 14.1. The predicted octanol–water partition coefficient (Wildman–Crippen LogP) is 3.36. The second kappa shape index (κ2) is 5.23. The molecule has 0 atom stereocenters. The summed E-state index contributed by atoms with van der Waals surface area (Å²) in [6.07, 6.45) is 0. The molecule has 0 aliphatic carbocycles. The van der Waals surface area contributed by atoms with Crippen molar-refractivity contribution in [3.05, 3.63) is 102 Å². The highest BCUT2D eigenvalue weighted by Gasteiger charge is 2.23. The van der Waals surface area contributed by atoms with E-state index in [1.54, 1.807) is 24.3 Å². The molecule has 0 aliphatic heterocycles. The lowest BCUT2D eigenvalue weighted by Crippen LogP contribution is -2.15. The molecule has 0 saturated carbocycles. The Bertz CT molecular complexity index is 1880. The van der Waals surface area contributed by atoms with Gasteiger partial charge in [0, 0.05) is 21.5 Å². The molecule has 0 aliphatic rings. The summed E-state index contributed by atoms with van der Waals surface area (Å²) in [5, 5.41) is 2.24. The molecule has 0 bridgehead atoms. The monoisotopic (exact) mass is 378 g/mol. The van der Waals surface area contributed by atoms with Gasteiger partial charge in [-0.25, -0.2) is 0 Å². The van der Waals surface area contributed by atoms with Crippen molar-refractivity contribution >= 4 is 54.3 Å². The van der Waals surface area contributed by atoms with Crippen molar-refractivity contribution in [2.24, 2.45) is 0 Å². The molecular formula is C24H10O5. The molecule has 1 heterocycles. The fourth-order valence-corrected chi connectivity index (χ4v) is 4.19. The van der Waals surface area contributed by atoms with Crippen LogP contribution in [0.2, 0.25) is 0 Å². The van der Waals surface area contributed by atoms with Crippen LogP contribution in [0.15, 0.2) is 84.3 Å². The molecule has 5 aromatic carbocycles. The lowest BCUT2D eigenvalue weighted by molar-refractivity contribution is 0.663. The van der Waals surface area contributed by atoms with E-state index in [1.165, 1.54) is 12.1 Å². The molecule has 0 fully saturated rings. The maximum absolute atomic E-state index is 13.3. The Balaban J connectivity index is 1.99. The van der Waals surface area contributed by atoms with Gasteiger partial charge in [0.2, 0.25) is 10.9 Å². The summed E-state index contributed by atoms with van der Waals surface area (Å²) in [5.41, 5.74) is -2.44. The van der Waals surface area contributed by atoms with Gasteiger partial charge in [0.25, 0.3) is 0 Å². The summed E-state index contributed by atoms with van der Waals surface area (Å²) in [7, 11) is 0. The van der Waals surface area contributed by atoms with Gasteiger partial charge in [-0.2, -0.15) is 0 Å². The first-order valence-electron chi connectivity index (χ1n) is 9.03. The fraction of sp³-hybridized carbons (Fsp3) is 0. The van der Waals surface area contributed by atoms with Crippen molar-refractivity contribution in [1.29, 1.82) is 0 Å². The Kier molecular flexibility index (Phi) is 2.87. The molecule has 6 aromatic rings. The van der Waals surface area contributed by atoms with Gasteiger partial charge in [-0.05, 0) is 22.9 Å². The highest BCUT2D eigenvalue weighted by molar-refractivity contribution is 6.14. The van der Waals surface area contributed by atoms with Gasteiger partial charge in [-0.1, -0.05) is 48.5 Å². The summed E-state index contributed by atoms with van der Waals surface area (Å²) < 4.78 is 5.58. The highest BCUT2D eigenvalue weighted by Crippen LogP contribution is 2.26. The fourth-order valence-electron chi connectivity index (χ4n) is 4.19. The molecule has 0 N–H and O–H groups in total. The molecule has 0 saturated heterocycles. The van der Waals surface area contributed by atoms with E-state index >= 15 is 0 Å². The Labute approximate surface area is 160 Å². The molecule has 0 radical (unpaired) electrons. The van der Waals surface area contributed by atoms with Gasteiger partial charge in [0.1, 0.15) is 0 Å². The molecule has 6 rings (SSSR count). The van der Waals surface area contributed by atoms with Crippen LogP contribution >= 0.6 is 0 Å². The number of benzene rings is 5. The van der Waals surface area contributed by atoms with Gasteiger partial charge >= 0.3 is 0 Å². The summed E-state index contributed by atoms with van der Waals surface area (Å²) >= 11 is 0. The quantitative estimate of drug-likeness (QED) is 0.379. The zero-order valence-corrected chi connectivity index (χ0v) is 14.8. The number of hydrogen-bond acceptors (Lipinski definition) is 5. The van der Waals surface area contributed by atoms with E-state index in [4.69, 9.17) is 4.42 Å². The van der Waals surface area contributed by atoms with Crippen LogP contribution in [0.25, 0.3) is 54.3 Å². The summed E-state index contributed by atoms with van der Waals surface area (Å²) in [4.78, 5) is 52.4. The van der Waals surface area contributed by atoms with Crippen LogP contribution in [0, 0.1) is 0 Å². The van der Waals surface area contributed by atoms with Gasteiger partial charge in [-0.15, -0.1) is 0 Å². The number of hydrogen-bond donors (Lipinski definition) is 0. The normalized spacial score (nSPS) is 12.0. The Morgan fingerprint density at radius 2 is 0.897 bits per heavy atom. The largest absolute Gasteiger partial charge is 0.447 e. The van der Waals surface area contributed by atoms with Crippen LogP contribution in [0.1, 0.15) is 0 Å². The van der Waals surface area contributed by atoms with Crippen LogP contribution in [-0.2, 0) is 0 Å². The molecule has 0 unspecified atom stereocenters. The molecule has 5 heteroatoms. The van der Waals surface area contributed by atoms with E-state index < -0.39 is 21.7 Å². The van der Waals surface area contributed by atoms with E-state index in [0.717, 1.165) is 10.8 Å². The summed E-state index contributed by atoms with van der Waals surface area (Å²) in [6, 6.07) is 17.0. The molecule has 1 aromatic heterocycles. The smallest absolute Gasteiger partial charge is 0.229 e. The lowest BCUT2D eigenvalue weighted by atomic mass is 9.99. The maximum atomic E-state index is 13.3. The van der Waals surface area contributed by atoms with E-state index in [2.05, 4.69) is 0 Å². The van der Waals surface area contributed by atoms with Gasteiger partial charge in [0.05, 0.1) is 10.8 Å². The third kappa shape index (κ3) is 1.88. The zero-order valence-electron chi connectivity index (χ0n) is 14.8. The third-order valence-electron chi connectivity index (χ3n) is 5.57. The maximum Gasteiger partial charge on any atom is 0.229 e.